The summed E-state index contributed by atoms with van der Waals surface area (Å²) in [5, 5.41) is 12.2. The van der Waals surface area contributed by atoms with Gasteiger partial charge in [-0.25, -0.2) is 0 Å². The molecule has 35 heavy (non-hydrogen) atoms. The van der Waals surface area contributed by atoms with Gasteiger partial charge >= 0.3 is 0 Å². The highest BCUT2D eigenvalue weighted by Gasteiger charge is 2.28. The third kappa shape index (κ3) is 5.84. The van der Waals surface area contributed by atoms with Gasteiger partial charge in [-0.3, -0.25) is 4.90 Å². The van der Waals surface area contributed by atoms with Crippen molar-refractivity contribution in [3.63, 3.8) is 0 Å². The van der Waals surface area contributed by atoms with E-state index in [2.05, 4.69) is 55.7 Å². The van der Waals surface area contributed by atoms with Crippen LogP contribution in [0.15, 0.2) is 42.7 Å². The quantitative estimate of drug-likeness (QED) is 0.348. The molecule has 1 atom stereocenters. The highest BCUT2D eigenvalue weighted by atomic mass is 16.5. The smallest absolute Gasteiger partial charge is 0.138 e. The minimum absolute atomic E-state index is 0.224. The fraction of sp³-hybridized carbons (Fsp3) is 0.581. The van der Waals surface area contributed by atoms with Crippen LogP contribution in [0.1, 0.15) is 89.3 Å². The van der Waals surface area contributed by atoms with E-state index >= 15 is 0 Å². The summed E-state index contributed by atoms with van der Waals surface area (Å²) < 4.78 is 12.1. The number of fused-ring (bicyclic) bond motifs is 1. The summed E-state index contributed by atoms with van der Waals surface area (Å²) >= 11 is 0. The molecule has 0 N–H and O–H groups in total. The van der Waals surface area contributed by atoms with Crippen LogP contribution in [0.2, 0.25) is 0 Å². The number of rotatable bonds is 9. The van der Waals surface area contributed by atoms with E-state index in [9.17, 15) is 5.26 Å². The minimum Gasteiger partial charge on any atom is -0.499 e. The lowest BCUT2D eigenvalue weighted by Gasteiger charge is -2.38. The van der Waals surface area contributed by atoms with Crippen LogP contribution in [0.3, 0.4) is 0 Å². The van der Waals surface area contributed by atoms with Crippen LogP contribution < -0.4 is 4.74 Å². The van der Waals surface area contributed by atoms with E-state index in [0.29, 0.717) is 24.1 Å². The maximum Gasteiger partial charge on any atom is 0.138 e. The molecule has 0 amide bonds. The molecule has 4 nitrogen and oxygen atoms in total. The van der Waals surface area contributed by atoms with Crippen molar-refractivity contribution in [3.8, 4) is 11.8 Å². The number of ether oxygens (including phenoxy) is 2. The first kappa shape index (κ1) is 25.6. The van der Waals surface area contributed by atoms with E-state index < -0.39 is 0 Å². The van der Waals surface area contributed by atoms with Crippen LogP contribution in [-0.2, 0) is 4.74 Å². The Kier molecular flexibility index (Phi) is 8.74. The van der Waals surface area contributed by atoms with E-state index in [-0.39, 0.29) is 6.10 Å². The Morgan fingerprint density at radius 3 is 2.40 bits per heavy atom. The zero-order valence-electron chi connectivity index (χ0n) is 21.9. The van der Waals surface area contributed by atoms with Gasteiger partial charge in [0.2, 0.25) is 0 Å². The predicted molar refractivity (Wildman–Crippen MR) is 143 cm³/mol. The molecule has 188 valence electrons. The Morgan fingerprint density at radius 1 is 1.06 bits per heavy atom. The highest BCUT2D eigenvalue weighted by Crippen LogP contribution is 2.36. The number of allylic oxidation sites excluding steroid dienone is 1. The van der Waals surface area contributed by atoms with Crippen molar-refractivity contribution >= 4 is 10.8 Å². The molecule has 0 bridgehead atoms. The van der Waals surface area contributed by atoms with E-state index in [1.807, 2.05) is 13.0 Å². The van der Waals surface area contributed by atoms with Gasteiger partial charge in [0.25, 0.3) is 0 Å². The fourth-order valence-corrected chi connectivity index (χ4v) is 6.12. The predicted octanol–water partition coefficient (Wildman–Crippen LogP) is 7.77. The number of hydrogen-bond acceptors (Lipinski definition) is 4. The van der Waals surface area contributed by atoms with Crippen LogP contribution in [0.25, 0.3) is 10.8 Å². The van der Waals surface area contributed by atoms with E-state index in [0.717, 1.165) is 73.4 Å². The fourth-order valence-electron chi connectivity index (χ4n) is 6.12. The maximum atomic E-state index is 10.1. The molecule has 2 aliphatic rings. The van der Waals surface area contributed by atoms with Gasteiger partial charge in [-0.2, -0.15) is 5.26 Å². The molecule has 2 fully saturated rings. The van der Waals surface area contributed by atoms with E-state index in [1.165, 1.54) is 24.8 Å². The Bertz CT molecular complexity index is 1040. The summed E-state index contributed by atoms with van der Waals surface area (Å²) in [6.45, 7) is 13.5. The lowest BCUT2D eigenvalue weighted by molar-refractivity contribution is 0.106. The van der Waals surface area contributed by atoms with Crippen molar-refractivity contribution in [2.75, 3.05) is 19.7 Å². The lowest BCUT2D eigenvalue weighted by atomic mass is 9.86. The van der Waals surface area contributed by atoms with Crippen LogP contribution >= 0.6 is 0 Å². The monoisotopic (exact) mass is 474 g/mol. The second kappa shape index (κ2) is 12.0. The molecule has 0 spiro atoms. The number of piperidine rings is 1. The summed E-state index contributed by atoms with van der Waals surface area (Å²) in [7, 11) is 0. The van der Waals surface area contributed by atoms with Gasteiger partial charge in [0, 0.05) is 17.3 Å². The number of likely N-dealkylation sites (tertiary alicyclic amines) is 1. The van der Waals surface area contributed by atoms with Gasteiger partial charge in [0.1, 0.15) is 17.4 Å². The van der Waals surface area contributed by atoms with E-state index in [4.69, 9.17) is 9.47 Å². The molecule has 4 rings (SSSR count). The Morgan fingerprint density at radius 2 is 1.77 bits per heavy atom. The molecule has 2 aromatic rings. The van der Waals surface area contributed by atoms with E-state index in [1.54, 1.807) is 0 Å². The molecule has 1 aliphatic carbocycles. The molecule has 1 saturated carbocycles. The number of hydrogen-bond donors (Lipinski definition) is 0. The maximum absolute atomic E-state index is 10.1. The summed E-state index contributed by atoms with van der Waals surface area (Å²) in [5.41, 5.74) is 1.97. The molecule has 4 heteroatoms. The summed E-state index contributed by atoms with van der Waals surface area (Å²) in [6.07, 6.45) is 9.34. The van der Waals surface area contributed by atoms with Gasteiger partial charge in [0.15, 0.2) is 0 Å². The van der Waals surface area contributed by atoms with Gasteiger partial charge in [0.05, 0.1) is 18.5 Å². The standard InChI is InChI=1S/C31H42N2O2/c1-5-23-8-13-27(14-9-23)35-31-15-12-25-10-11-26(20-28(25)29(31)21-32)30(6-2)33-18-16-24(17-19-33)22(4)34-7-3/h10-12,15,20,23-24,27,30H,4-9,13-14,16-19H2,1-3H3. The number of nitriles is 1. The molecule has 0 aromatic heterocycles. The average Bonchev–Trinajstić information content (AvgIpc) is 2.90. The average molecular weight is 475 g/mol. The zero-order chi connectivity index (χ0) is 24.8. The van der Waals surface area contributed by atoms with Crippen molar-refractivity contribution < 1.29 is 9.47 Å². The van der Waals surface area contributed by atoms with Gasteiger partial charge in [-0.15, -0.1) is 0 Å². The first-order valence-corrected chi connectivity index (χ1v) is 13.8. The molecule has 2 aromatic carbocycles. The first-order chi connectivity index (χ1) is 17.1. The third-order valence-corrected chi connectivity index (χ3v) is 8.31. The molecule has 0 radical (unpaired) electrons. The van der Waals surface area contributed by atoms with Crippen molar-refractivity contribution in [1.82, 2.24) is 4.90 Å². The van der Waals surface area contributed by atoms with Crippen molar-refractivity contribution in [2.24, 2.45) is 11.8 Å². The molecule has 1 unspecified atom stereocenters. The largest absolute Gasteiger partial charge is 0.499 e. The van der Waals surface area contributed by atoms with Crippen molar-refractivity contribution in [1.29, 1.82) is 5.26 Å². The summed E-state index contributed by atoms with van der Waals surface area (Å²) in [4.78, 5) is 2.59. The van der Waals surface area contributed by atoms with Gasteiger partial charge in [-0.1, -0.05) is 45.0 Å². The Hall–Kier alpha value is -2.51. The summed E-state index contributed by atoms with van der Waals surface area (Å²) in [5.74, 6) is 2.98. The zero-order valence-corrected chi connectivity index (χ0v) is 21.9. The lowest BCUT2D eigenvalue weighted by Crippen LogP contribution is -2.37. The number of nitrogens with zero attached hydrogens (tertiary/aromatic N) is 2. The van der Waals surface area contributed by atoms with Crippen molar-refractivity contribution in [3.05, 3.63) is 53.8 Å². The SMILES string of the molecule is C=C(OCC)C1CCN(C(CC)c2ccc3ccc(OC4CCC(CC)CC4)c(C#N)c3c2)CC1. The first-order valence-electron chi connectivity index (χ1n) is 13.8. The van der Waals surface area contributed by atoms with Crippen LogP contribution in [-0.4, -0.2) is 30.7 Å². The second-order valence-electron chi connectivity index (χ2n) is 10.3. The normalized spacial score (nSPS) is 22.5. The Balaban J connectivity index is 1.52. The second-order valence-corrected chi connectivity index (χ2v) is 10.3. The van der Waals surface area contributed by atoms with Crippen LogP contribution in [0.5, 0.6) is 5.75 Å². The molecular formula is C31H42N2O2. The molecule has 1 heterocycles. The highest BCUT2D eigenvalue weighted by molar-refractivity contribution is 5.90. The topological polar surface area (TPSA) is 45.5 Å². The van der Waals surface area contributed by atoms with Crippen molar-refractivity contribution in [2.45, 2.75) is 84.3 Å². The summed E-state index contributed by atoms with van der Waals surface area (Å²) in [6, 6.07) is 13.6. The molecule has 1 saturated heterocycles. The van der Waals surface area contributed by atoms with Gasteiger partial charge < -0.3 is 9.47 Å². The number of benzene rings is 2. The molecular weight excluding hydrogens is 432 g/mol. The molecule has 1 aliphatic heterocycles. The Labute approximate surface area is 211 Å². The van der Waals surface area contributed by atoms with Crippen LogP contribution in [0.4, 0.5) is 0 Å². The minimum atomic E-state index is 0.224. The van der Waals surface area contributed by atoms with Crippen LogP contribution in [0, 0.1) is 23.2 Å². The van der Waals surface area contributed by atoms with Gasteiger partial charge in [-0.05, 0) is 94.0 Å². The third-order valence-electron chi connectivity index (χ3n) is 8.31.